The minimum absolute atomic E-state index is 0.0271. The quantitative estimate of drug-likeness (QED) is 0.0672. The summed E-state index contributed by atoms with van der Waals surface area (Å²) in [6.45, 7) is 9.21. The van der Waals surface area contributed by atoms with Crippen molar-refractivity contribution in [1.29, 1.82) is 0 Å². The number of aromatic nitrogens is 2. The van der Waals surface area contributed by atoms with Gasteiger partial charge in [-0.25, -0.2) is 9.97 Å². The molecule has 0 fully saturated rings. The molecule has 0 aliphatic carbocycles. The molecular formula is C41H52N4O6. The lowest BCUT2D eigenvalue weighted by molar-refractivity contribution is -0.123. The zero-order chi connectivity index (χ0) is 36.8. The van der Waals surface area contributed by atoms with E-state index in [-0.39, 0.29) is 30.7 Å². The molecule has 4 aromatic rings. The largest absolute Gasteiger partial charge is 0.493 e. The lowest BCUT2D eigenvalue weighted by Gasteiger charge is -2.21. The van der Waals surface area contributed by atoms with Gasteiger partial charge in [0.1, 0.15) is 6.04 Å². The van der Waals surface area contributed by atoms with Crippen LogP contribution in [0.1, 0.15) is 87.7 Å². The van der Waals surface area contributed by atoms with E-state index in [0.717, 1.165) is 40.7 Å². The number of rotatable bonds is 18. The molecule has 0 bridgehead atoms. The molecule has 0 aliphatic rings. The minimum atomic E-state index is -1.54. The Morgan fingerprint density at radius 3 is 2.12 bits per heavy atom. The molecule has 0 aliphatic heterocycles. The highest BCUT2D eigenvalue weighted by Gasteiger charge is 2.23. The van der Waals surface area contributed by atoms with Gasteiger partial charge in [-0.1, -0.05) is 95.8 Å². The molecule has 1 heterocycles. The molecule has 51 heavy (non-hydrogen) atoms. The van der Waals surface area contributed by atoms with Crippen molar-refractivity contribution in [2.75, 3.05) is 20.3 Å². The van der Waals surface area contributed by atoms with Crippen molar-refractivity contribution in [3.63, 3.8) is 0 Å². The van der Waals surface area contributed by atoms with Gasteiger partial charge in [-0.05, 0) is 52.8 Å². The van der Waals surface area contributed by atoms with Crippen LogP contribution in [-0.2, 0) is 16.6 Å². The highest BCUT2D eigenvalue weighted by molar-refractivity contribution is 5.97. The summed E-state index contributed by atoms with van der Waals surface area (Å²) in [5.74, 6) is 1.13. The van der Waals surface area contributed by atoms with Crippen molar-refractivity contribution in [1.82, 2.24) is 20.6 Å². The number of nitrogens with one attached hydrogen (secondary N) is 2. The summed E-state index contributed by atoms with van der Waals surface area (Å²) in [6.07, 6.45) is 8.05. The number of hydrogen-bond donors (Lipinski definition) is 4. The fourth-order valence-corrected chi connectivity index (χ4v) is 5.53. The van der Waals surface area contributed by atoms with Crippen LogP contribution >= 0.6 is 0 Å². The number of carbonyl (C=O) groups is 2. The molecule has 0 unspecified atom stereocenters. The fraction of sp³-hybridized carbons (Fsp3) is 0.415. The predicted octanol–water partition coefficient (Wildman–Crippen LogP) is 6.62. The number of aliphatic hydroxyl groups is 2. The Labute approximate surface area is 301 Å². The molecule has 0 saturated heterocycles. The lowest BCUT2D eigenvalue weighted by atomic mass is 9.86. The highest BCUT2D eigenvalue weighted by Crippen LogP contribution is 2.33. The maximum atomic E-state index is 13.2. The van der Waals surface area contributed by atoms with Gasteiger partial charge in [-0.15, -0.1) is 0 Å². The lowest BCUT2D eigenvalue weighted by Crippen LogP contribution is -2.48. The van der Waals surface area contributed by atoms with Gasteiger partial charge in [0.2, 0.25) is 5.91 Å². The van der Waals surface area contributed by atoms with Crippen LogP contribution in [-0.4, -0.2) is 64.6 Å². The van der Waals surface area contributed by atoms with E-state index in [1.165, 1.54) is 19.3 Å². The van der Waals surface area contributed by atoms with Crippen molar-refractivity contribution in [3.8, 4) is 34.0 Å². The van der Waals surface area contributed by atoms with E-state index >= 15 is 0 Å². The Bertz CT molecular complexity index is 1680. The molecule has 3 aromatic carbocycles. The topological polar surface area (TPSA) is 143 Å². The Morgan fingerprint density at radius 1 is 0.824 bits per heavy atom. The van der Waals surface area contributed by atoms with E-state index in [9.17, 15) is 19.8 Å². The molecule has 4 rings (SSSR count). The summed E-state index contributed by atoms with van der Waals surface area (Å²) in [6, 6.07) is 19.8. The second-order valence-electron chi connectivity index (χ2n) is 13.7. The molecule has 0 saturated carbocycles. The Hall–Kier alpha value is -4.80. The van der Waals surface area contributed by atoms with E-state index in [2.05, 4.69) is 48.3 Å². The van der Waals surface area contributed by atoms with E-state index in [0.29, 0.717) is 29.5 Å². The van der Waals surface area contributed by atoms with E-state index < -0.39 is 18.2 Å². The first-order chi connectivity index (χ1) is 24.5. The molecular weight excluding hydrogens is 644 g/mol. The van der Waals surface area contributed by atoms with Crippen LogP contribution in [0.25, 0.3) is 22.5 Å². The molecule has 1 aromatic heterocycles. The molecule has 10 nitrogen and oxygen atoms in total. The van der Waals surface area contributed by atoms with Crippen molar-refractivity contribution in [3.05, 3.63) is 95.8 Å². The third-order valence-corrected chi connectivity index (χ3v) is 8.64. The molecule has 4 N–H and O–H groups in total. The van der Waals surface area contributed by atoms with Crippen molar-refractivity contribution >= 4 is 11.8 Å². The van der Waals surface area contributed by atoms with Gasteiger partial charge in [0.05, 0.1) is 13.7 Å². The molecule has 0 spiro atoms. The zero-order valence-electron chi connectivity index (χ0n) is 30.4. The first-order valence-electron chi connectivity index (χ1n) is 17.8. The van der Waals surface area contributed by atoms with Gasteiger partial charge >= 0.3 is 0 Å². The van der Waals surface area contributed by atoms with Crippen LogP contribution in [0.5, 0.6) is 11.5 Å². The van der Waals surface area contributed by atoms with Crippen molar-refractivity contribution in [2.45, 2.75) is 90.4 Å². The van der Waals surface area contributed by atoms with E-state index in [1.807, 2.05) is 54.6 Å². The molecule has 272 valence electrons. The Kier molecular flexibility index (Phi) is 14.5. The van der Waals surface area contributed by atoms with Gasteiger partial charge in [-0.3, -0.25) is 9.59 Å². The standard InChI is InChI=1S/C41H52N4O6/c1-6-7-8-9-10-23-51-35-20-17-31(25-36(35)50-5)32-26-43-38(44-27-32)29-13-11-28(12-14-29)24-34(40(49)42-22-21-37(46)47)45-39(48)30-15-18-33(19-16-30)41(2,3)4/h11-20,25-27,34,37,46-47H,6-10,21-24H2,1-5H3,(H,42,49)(H,45,48)/t34-/m0/s1. The van der Waals surface area contributed by atoms with Gasteiger partial charge in [0.15, 0.2) is 23.6 Å². The summed E-state index contributed by atoms with van der Waals surface area (Å²) in [5, 5.41) is 24.0. The maximum Gasteiger partial charge on any atom is 0.251 e. The van der Waals surface area contributed by atoms with Crippen LogP contribution < -0.4 is 20.1 Å². The minimum Gasteiger partial charge on any atom is -0.493 e. The number of amides is 2. The number of aliphatic hydroxyl groups excluding tert-OH is 1. The summed E-state index contributed by atoms with van der Waals surface area (Å²) in [5.41, 5.74) is 4.84. The van der Waals surface area contributed by atoms with E-state index in [1.54, 1.807) is 31.6 Å². The predicted molar refractivity (Wildman–Crippen MR) is 200 cm³/mol. The number of ether oxygens (including phenoxy) is 2. The van der Waals surface area contributed by atoms with Gasteiger partial charge < -0.3 is 30.3 Å². The first-order valence-corrected chi connectivity index (χ1v) is 17.8. The Morgan fingerprint density at radius 2 is 1.49 bits per heavy atom. The highest BCUT2D eigenvalue weighted by atomic mass is 16.5. The monoisotopic (exact) mass is 696 g/mol. The summed E-state index contributed by atoms with van der Waals surface area (Å²) in [7, 11) is 1.63. The molecule has 2 amide bonds. The van der Waals surface area contributed by atoms with Crippen LogP contribution in [0.15, 0.2) is 79.1 Å². The molecule has 0 radical (unpaired) electrons. The number of unbranched alkanes of at least 4 members (excludes halogenated alkanes) is 4. The van der Waals surface area contributed by atoms with Crippen molar-refractivity contribution in [2.24, 2.45) is 0 Å². The third kappa shape index (κ3) is 11.9. The normalized spacial score (nSPS) is 12.0. The van der Waals surface area contributed by atoms with Gasteiger partial charge in [0, 0.05) is 48.5 Å². The SMILES string of the molecule is CCCCCCCOc1ccc(-c2cnc(-c3ccc(C[C@H](NC(=O)c4ccc(C(C)(C)C)cc4)C(=O)NCCC(O)O)cc3)nc2)cc1OC. The van der Waals surface area contributed by atoms with Gasteiger partial charge in [0.25, 0.3) is 5.91 Å². The Balaban J connectivity index is 1.42. The summed E-state index contributed by atoms with van der Waals surface area (Å²) >= 11 is 0. The number of benzene rings is 3. The first kappa shape index (κ1) is 39.0. The summed E-state index contributed by atoms with van der Waals surface area (Å²) in [4.78, 5) is 35.5. The van der Waals surface area contributed by atoms with Crippen LogP contribution in [0.2, 0.25) is 0 Å². The number of carbonyl (C=O) groups excluding carboxylic acids is 2. The van der Waals surface area contributed by atoms with Crippen molar-refractivity contribution < 1.29 is 29.3 Å². The van der Waals surface area contributed by atoms with Crippen LogP contribution in [0.3, 0.4) is 0 Å². The average molecular weight is 697 g/mol. The number of nitrogens with zero attached hydrogens (tertiary/aromatic N) is 2. The summed E-state index contributed by atoms with van der Waals surface area (Å²) < 4.78 is 11.6. The second kappa shape index (κ2) is 19.0. The van der Waals surface area contributed by atoms with Crippen LogP contribution in [0.4, 0.5) is 0 Å². The maximum absolute atomic E-state index is 13.2. The number of hydrogen-bond acceptors (Lipinski definition) is 8. The molecule has 10 heteroatoms. The fourth-order valence-electron chi connectivity index (χ4n) is 5.53. The average Bonchev–Trinajstić information content (AvgIpc) is 3.12. The third-order valence-electron chi connectivity index (χ3n) is 8.64. The zero-order valence-corrected chi connectivity index (χ0v) is 30.4. The van der Waals surface area contributed by atoms with E-state index in [4.69, 9.17) is 9.47 Å². The number of methoxy groups -OCH3 is 1. The molecule has 1 atom stereocenters. The van der Waals surface area contributed by atoms with Gasteiger partial charge in [-0.2, -0.15) is 0 Å². The van der Waals surface area contributed by atoms with Crippen LogP contribution in [0, 0.1) is 0 Å². The smallest absolute Gasteiger partial charge is 0.251 e. The second-order valence-corrected chi connectivity index (χ2v) is 13.7.